The quantitative estimate of drug-likeness (QED) is 0.0691. The number of aromatic nitrogens is 3. The summed E-state index contributed by atoms with van der Waals surface area (Å²) < 4.78 is 0. The molecule has 3 aromatic heterocycles. The summed E-state index contributed by atoms with van der Waals surface area (Å²) >= 11 is 18.6. The molecule has 6 fully saturated rings. The van der Waals surface area contributed by atoms with Crippen molar-refractivity contribution in [3.8, 4) is 0 Å². The van der Waals surface area contributed by atoms with E-state index < -0.39 is 21.2 Å². The first-order valence-electron chi connectivity index (χ1n) is 39.8. The summed E-state index contributed by atoms with van der Waals surface area (Å²) in [5.41, 5.74) is 6.35. The van der Waals surface area contributed by atoms with Crippen LogP contribution in [-0.4, -0.2) is 229 Å². The van der Waals surface area contributed by atoms with Gasteiger partial charge in [0.1, 0.15) is 0 Å². The molecule has 0 aliphatic carbocycles. The van der Waals surface area contributed by atoms with Gasteiger partial charge in [-0.15, -0.1) is 0 Å². The second-order valence-electron chi connectivity index (χ2n) is 34.5. The maximum absolute atomic E-state index is 13.6. The van der Waals surface area contributed by atoms with Gasteiger partial charge in [0.2, 0.25) is 17.7 Å². The molecular formula is C84H120B3Cl3N12O6. The summed E-state index contributed by atoms with van der Waals surface area (Å²) in [6, 6.07) is 42.7. The number of piperidine rings is 3. The maximum Gasteiger partial charge on any atom is 0.376 e. The first-order valence-corrected chi connectivity index (χ1v) is 40.9. The lowest BCUT2D eigenvalue weighted by atomic mass is 9.80. The fourth-order valence-corrected chi connectivity index (χ4v) is 17.6. The van der Waals surface area contributed by atoms with Crippen molar-refractivity contribution in [1.29, 1.82) is 0 Å². The van der Waals surface area contributed by atoms with E-state index in [4.69, 9.17) is 49.8 Å². The van der Waals surface area contributed by atoms with E-state index in [0.717, 1.165) is 166 Å². The smallest absolute Gasteiger partial charge is 0.376 e. The van der Waals surface area contributed by atoms with Gasteiger partial charge in [-0.3, -0.25) is 44.0 Å². The lowest BCUT2D eigenvalue weighted by molar-refractivity contribution is -0.142. The number of hydrogen-bond donors (Lipinski definition) is 3. The SMILES string of the molecule is CB(O)N1CCC(CC(=O)N2CCN(C(c3ccc(Cl)cc3)c3ccccn3)C[C@@H]2C(C)(C)C)CC1.CB(O)N1CCC(CC(=O)N2CCN(C(c3ccc(Cl)cc3)c3ccccn3)C[C@@H]2C(C)(C)C)CC1.CB(O)N1CCC(CC(=O)N2CCN(C(c3ccc(Cl)cc3)c3ccccn3)C[C@@H]2C(C)(C)C)CC1. The van der Waals surface area contributed by atoms with Gasteiger partial charge in [0.25, 0.3) is 0 Å². The molecule has 9 heterocycles. The molecule has 0 saturated carbocycles. The average molecular weight is 1530 g/mol. The van der Waals surface area contributed by atoms with Crippen LogP contribution in [-0.2, 0) is 14.4 Å². The predicted molar refractivity (Wildman–Crippen MR) is 440 cm³/mol. The predicted octanol–water partition coefficient (Wildman–Crippen LogP) is 13.8. The molecule has 3 N–H and O–H groups in total. The number of rotatable bonds is 18. The largest absolute Gasteiger partial charge is 0.437 e. The van der Waals surface area contributed by atoms with E-state index in [1.807, 2.05) is 112 Å². The van der Waals surface area contributed by atoms with E-state index in [0.29, 0.717) is 56.7 Å². The van der Waals surface area contributed by atoms with Crippen LogP contribution < -0.4 is 0 Å². The van der Waals surface area contributed by atoms with Crippen LogP contribution in [0.4, 0.5) is 0 Å². The molecule has 3 unspecified atom stereocenters. The molecule has 6 saturated heterocycles. The van der Waals surface area contributed by atoms with Crippen LogP contribution in [0, 0.1) is 34.0 Å². The average Bonchev–Trinajstić information content (AvgIpc) is 0.788. The van der Waals surface area contributed by atoms with Gasteiger partial charge in [0, 0.05) is 130 Å². The molecule has 18 nitrogen and oxygen atoms in total. The Morgan fingerprint density at radius 2 is 0.602 bits per heavy atom. The third kappa shape index (κ3) is 23.0. The molecule has 0 radical (unpaired) electrons. The molecular weight excluding hydrogens is 1410 g/mol. The number of carbonyl (C=O) groups excluding carboxylic acids is 3. The summed E-state index contributed by atoms with van der Waals surface area (Å²) in [5.74, 6) is 1.98. The highest BCUT2D eigenvalue weighted by atomic mass is 35.5. The highest BCUT2D eigenvalue weighted by molar-refractivity contribution is 6.46. The molecule has 3 amide bonds. The van der Waals surface area contributed by atoms with Crippen molar-refractivity contribution in [1.82, 2.24) is 58.8 Å². The molecule has 582 valence electrons. The van der Waals surface area contributed by atoms with Crippen LogP contribution in [0.15, 0.2) is 146 Å². The second kappa shape index (κ2) is 38.6. The number of nitrogens with zero attached hydrogens (tertiary/aromatic N) is 12. The molecule has 108 heavy (non-hydrogen) atoms. The number of halogens is 3. The summed E-state index contributed by atoms with van der Waals surface area (Å²) in [7, 11) is -1.23. The first-order chi connectivity index (χ1) is 51.4. The summed E-state index contributed by atoms with van der Waals surface area (Å²) in [4.78, 5) is 75.1. The Morgan fingerprint density at radius 1 is 0.370 bits per heavy atom. The monoisotopic (exact) mass is 1530 g/mol. The summed E-state index contributed by atoms with van der Waals surface area (Å²) in [6.07, 6.45) is 13.1. The Bertz CT molecular complexity index is 3360. The molecule has 3 aromatic carbocycles. The van der Waals surface area contributed by atoms with E-state index in [2.05, 4.69) is 161 Å². The fourth-order valence-electron chi connectivity index (χ4n) is 17.2. The topological polar surface area (TPSA) is 180 Å². The Hall–Kier alpha value is -5.78. The van der Waals surface area contributed by atoms with Crippen molar-refractivity contribution >= 4 is 73.7 Å². The molecule has 6 aromatic rings. The van der Waals surface area contributed by atoms with Crippen LogP contribution in [0.1, 0.15) is 172 Å². The molecule has 12 rings (SSSR count). The number of carbonyl (C=O) groups is 3. The summed E-state index contributed by atoms with van der Waals surface area (Å²) in [6.45, 7) is 37.6. The Kier molecular flexibility index (Phi) is 30.3. The molecule has 6 atom stereocenters. The number of piperazine rings is 3. The minimum Gasteiger partial charge on any atom is -0.437 e. The minimum atomic E-state index is -0.410. The van der Waals surface area contributed by atoms with E-state index in [-0.39, 0.29) is 70.2 Å². The third-order valence-electron chi connectivity index (χ3n) is 23.7. The van der Waals surface area contributed by atoms with E-state index >= 15 is 0 Å². The minimum absolute atomic E-state index is 0.00960. The van der Waals surface area contributed by atoms with Crippen LogP contribution in [0.2, 0.25) is 35.5 Å². The van der Waals surface area contributed by atoms with Crippen molar-refractivity contribution in [2.24, 2.45) is 34.0 Å². The van der Waals surface area contributed by atoms with Gasteiger partial charge in [-0.2, -0.15) is 0 Å². The van der Waals surface area contributed by atoms with Gasteiger partial charge < -0.3 is 44.2 Å². The third-order valence-corrected chi connectivity index (χ3v) is 24.4. The molecule has 0 spiro atoms. The number of amides is 3. The van der Waals surface area contributed by atoms with Crippen molar-refractivity contribution in [3.05, 3.63) is 195 Å². The number of benzene rings is 3. The second-order valence-corrected chi connectivity index (χ2v) is 35.8. The van der Waals surface area contributed by atoms with Crippen molar-refractivity contribution in [2.75, 3.05) is 98.2 Å². The first kappa shape index (κ1) is 84.7. The zero-order valence-corrected chi connectivity index (χ0v) is 68.6. The van der Waals surface area contributed by atoms with E-state index in [1.54, 1.807) is 0 Å². The fraction of sp³-hybridized carbons (Fsp3) is 0.571. The van der Waals surface area contributed by atoms with E-state index in [1.165, 1.54) is 0 Å². The summed E-state index contributed by atoms with van der Waals surface area (Å²) in [5, 5.41) is 31.7. The zero-order chi connectivity index (χ0) is 77.6. The van der Waals surface area contributed by atoms with Gasteiger partial charge in [-0.1, -0.05) is 152 Å². The highest BCUT2D eigenvalue weighted by Gasteiger charge is 2.45. The molecule has 6 aliphatic heterocycles. The highest BCUT2D eigenvalue weighted by Crippen LogP contribution is 2.41. The van der Waals surface area contributed by atoms with Crippen LogP contribution in [0.5, 0.6) is 0 Å². The van der Waals surface area contributed by atoms with Gasteiger partial charge >= 0.3 is 21.2 Å². The van der Waals surface area contributed by atoms with Gasteiger partial charge in [0.15, 0.2) is 0 Å². The molecule has 6 aliphatic rings. The van der Waals surface area contributed by atoms with Crippen LogP contribution in [0.3, 0.4) is 0 Å². The van der Waals surface area contributed by atoms with Gasteiger partial charge in [-0.05, 0) is 222 Å². The molecule has 24 heteroatoms. The van der Waals surface area contributed by atoms with Crippen molar-refractivity contribution in [3.63, 3.8) is 0 Å². The Balaban J connectivity index is 0.000000173. The van der Waals surface area contributed by atoms with E-state index in [9.17, 15) is 29.5 Å². The Morgan fingerprint density at radius 3 is 0.796 bits per heavy atom. The standard InChI is InChI=1S/3C28H40BClN4O2/c3*1-28(2,3)25-20-32(27(24-7-5-6-14-31-24)22-8-10-23(30)11-9-22)17-18-34(25)26(35)19-21-12-15-33(16-13-21)29(4)36/h3*5-11,14,21,25,27,36H,12-13,15-20H2,1-4H3/t3*25-,27?/m111/s1. The van der Waals surface area contributed by atoms with Crippen molar-refractivity contribution in [2.45, 2.75) is 177 Å². The van der Waals surface area contributed by atoms with Crippen LogP contribution in [0.25, 0.3) is 0 Å². The van der Waals surface area contributed by atoms with Crippen LogP contribution >= 0.6 is 34.8 Å². The lowest BCUT2D eigenvalue weighted by Gasteiger charge is -2.49. The van der Waals surface area contributed by atoms with Gasteiger partial charge in [0.05, 0.1) is 35.2 Å². The number of pyridine rings is 3. The lowest BCUT2D eigenvalue weighted by Crippen LogP contribution is -2.60. The molecule has 0 bridgehead atoms. The normalized spacial score (nSPS) is 21.4. The number of hydrogen-bond acceptors (Lipinski definition) is 15. The van der Waals surface area contributed by atoms with Crippen molar-refractivity contribution < 1.29 is 29.5 Å². The Labute approximate surface area is 661 Å². The van der Waals surface area contributed by atoms with Gasteiger partial charge in [-0.25, -0.2) is 0 Å². The maximum atomic E-state index is 13.6. The zero-order valence-electron chi connectivity index (χ0n) is 66.3.